The van der Waals surface area contributed by atoms with Gasteiger partial charge in [0.05, 0.1) is 11.8 Å². The minimum atomic E-state index is -0.283. The Bertz CT molecular complexity index is 366. The Hall–Kier alpha value is -1.62. The summed E-state index contributed by atoms with van der Waals surface area (Å²) in [5, 5.41) is 12.2. The fraction of sp³-hybridized carbons (Fsp3) is 0.455. The van der Waals surface area contributed by atoms with Crippen LogP contribution in [0.25, 0.3) is 0 Å². The molecule has 0 aliphatic heterocycles. The van der Waals surface area contributed by atoms with Crippen LogP contribution in [0.1, 0.15) is 17.3 Å². The van der Waals surface area contributed by atoms with Crippen LogP contribution in [-0.2, 0) is 0 Å². The highest BCUT2D eigenvalue weighted by atomic mass is 16.3. The second kappa shape index (κ2) is 5.46. The molecular weight excluding hydrogens is 206 g/mol. The summed E-state index contributed by atoms with van der Waals surface area (Å²) in [6.07, 6.45) is 2.73. The van der Waals surface area contributed by atoms with Gasteiger partial charge in [-0.25, -0.2) is 0 Å². The Morgan fingerprint density at radius 1 is 1.62 bits per heavy atom. The van der Waals surface area contributed by atoms with Crippen molar-refractivity contribution in [1.82, 2.24) is 15.2 Å². The first-order chi connectivity index (χ1) is 7.50. The lowest BCUT2D eigenvalue weighted by atomic mass is 10.2. The summed E-state index contributed by atoms with van der Waals surface area (Å²) in [5.74, 6) is -0.383. The van der Waals surface area contributed by atoms with E-state index in [1.165, 1.54) is 18.5 Å². The van der Waals surface area contributed by atoms with E-state index >= 15 is 0 Å². The number of carbonyl (C=O) groups excluding carboxylic acids is 1. The number of aromatic nitrogens is 1. The Morgan fingerprint density at radius 2 is 2.31 bits per heavy atom. The lowest BCUT2D eigenvalue weighted by Gasteiger charge is -2.18. The molecule has 0 aromatic carbocycles. The van der Waals surface area contributed by atoms with Crippen LogP contribution < -0.4 is 5.32 Å². The summed E-state index contributed by atoms with van der Waals surface area (Å²) in [6.45, 7) is 2.66. The molecule has 0 spiro atoms. The molecule has 0 aliphatic rings. The van der Waals surface area contributed by atoms with Crippen molar-refractivity contribution in [1.29, 1.82) is 0 Å². The number of nitrogens with one attached hydrogen (secondary N) is 1. The Kier molecular flexibility index (Phi) is 4.25. The molecule has 2 N–H and O–H groups in total. The zero-order valence-corrected chi connectivity index (χ0v) is 9.77. The first kappa shape index (κ1) is 12.4. The number of pyridine rings is 1. The van der Waals surface area contributed by atoms with E-state index in [-0.39, 0.29) is 23.3 Å². The van der Waals surface area contributed by atoms with Crippen molar-refractivity contribution in [3.8, 4) is 5.75 Å². The lowest BCUT2D eigenvalue weighted by Crippen LogP contribution is -2.39. The van der Waals surface area contributed by atoms with Gasteiger partial charge in [-0.2, -0.15) is 0 Å². The Labute approximate surface area is 95.1 Å². The highest BCUT2D eigenvalue weighted by Gasteiger charge is 2.13. The molecule has 1 rings (SSSR count). The molecule has 16 heavy (non-hydrogen) atoms. The van der Waals surface area contributed by atoms with Crippen LogP contribution in [0.3, 0.4) is 0 Å². The van der Waals surface area contributed by atoms with Crippen LogP contribution >= 0.6 is 0 Å². The first-order valence-electron chi connectivity index (χ1n) is 5.09. The standard InChI is InChI=1S/C11H17N3O2/c1-8(7-14(2)3)13-11(16)9-4-5-12-6-10(9)15/h4-6,8,15H,7H2,1-3H3,(H,13,16). The number of likely N-dealkylation sites (N-methyl/N-ethyl adjacent to an activating group) is 1. The molecule has 1 aromatic heterocycles. The van der Waals surface area contributed by atoms with Crippen LogP contribution in [0, 0.1) is 0 Å². The number of hydrogen-bond donors (Lipinski definition) is 2. The molecule has 0 bridgehead atoms. The third kappa shape index (κ3) is 3.51. The van der Waals surface area contributed by atoms with Crippen molar-refractivity contribution < 1.29 is 9.90 Å². The monoisotopic (exact) mass is 223 g/mol. The van der Waals surface area contributed by atoms with E-state index in [2.05, 4.69) is 10.3 Å². The van der Waals surface area contributed by atoms with Gasteiger partial charge < -0.3 is 15.3 Å². The van der Waals surface area contributed by atoms with Crippen molar-refractivity contribution in [3.05, 3.63) is 24.0 Å². The van der Waals surface area contributed by atoms with Gasteiger partial charge in [-0.1, -0.05) is 0 Å². The molecule has 0 aliphatic carbocycles. The molecule has 88 valence electrons. The van der Waals surface area contributed by atoms with Crippen LogP contribution in [0.4, 0.5) is 0 Å². The van der Waals surface area contributed by atoms with Gasteiger partial charge in [0, 0.05) is 18.8 Å². The molecule has 0 saturated heterocycles. The number of aromatic hydroxyl groups is 1. The van der Waals surface area contributed by atoms with Crippen molar-refractivity contribution in [3.63, 3.8) is 0 Å². The fourth-order valence-corrected chi connectivity index (χ4v) is 1.47. The van der Waals surface area contributed by atoms with E-state index in [1.807, 2.05) is 25.9 Å². The SMILES string of the molecule is CC(CN(C)C)NC(=O)c1ccncc1O. The van der Waals surface area contributed by atoms with Gasteiger partial charge in [-0.15, -0.1) is 0 Å². The molecule has 0 saturated carbocycles. The van der Waals surface area contributed by atoms with Crippen LogP contribution in [0.15, 0.2) is 18.5 Å². The second-order valence-corrected chi connectivity index (χ2v) is 4.03. The first-order valence-corrected chi connectivity index (χ1v) is 5.09. The Morgan fingerprint density at radius 3 is 2.88 bits per heavy atom. The average molecular weight is 223 g/mol. The van der Waals surface area contributed by atoms with Gasteiger partial charge >= 0.3 is 0 Å². The molecule has 1 amide bonds. The van der Waals surface area contributed by atoms with Crippen LogP contribution in [0.5, 0.6) is 5.75 Å². The summed E-state index contributed by atoms with van der Waals surface area (Å²) in [4.78, 5) is 17.4. The predicted molar refractivity (Wildman–Crippen MR) is 61.4 cm³/mol. The number of carbonyl (C=O) groups is 1. The molecule has 1 heterocycles. The van der Waals surface area contributed by atoms with Gasteiger partial charge in [0.2, 0.25) is 0 Å². The quantitative estimate of drug-likeness (QED) is 0.778. The minimum Gasteiger partial charge on any atom is -0.505 e. The maximum absolute atomic E-state index is 11.7. The summed E-state index contributed by atoms with van der Waals surface area (Å²) < 4.78 is 0. The average Bonchev–Trinajstić information content (AvgIpc) is 2.16. The van der Waals surface area contributed by atoms with Crippen LogP contribution in [-0.4, -0.2) is 47.6 Å². The smallest absolute Gasteiger partial charge is 0.255 e. The minimum absolute atomic E-state index is 0.0232. The zero-order valence-electron chi connectivity index (χ0n) is 9.77. The van der Waals surface area contributed by atoms with Gasteiger partial charge in [-0.05, 0) is 27.1 Å². The number of amides is 1. The summed E-state index contributed by atoms with van der Waals surface area (Å²) in [5.41, 5.74) is 0.251. The molecule has 5 nitrogen and oxygen atoms in total. The highest BCUT2D eigenvalue weighted by molar-refractivity contribution is 5.96. The number of rotatable bonds is 4. The number of nitrogens with zero attached hydrogens (tertiary/aromatic N) is 2. The molecular formula is C11H17N3O2. The third-order valence-electron chi connectivity index (χ3n) is 2.06. The Balaban J connectivity index is 2.63. The normalized spacial score (nSPS) is 12.5. The maximum Gasteiger partial charge on any atom is 0.255 e. The molecule has 5 heteroatoms. The lowest BCUT2D eigenvalue weighted by molar-refractivity contribution is 0.0931. The third-order valence-corrected chi connectivity index (χ3v) is 2.06. The predicted octanol–water partition coefficient (Wildman–Crippen LogP) is 0.467. The molecule has 1 atom stereocenters. The van der Waals surface area contributed by atoms with Gasteiger partial charge in [0.1, 0.15) is 5.75 Å². The van der Waals surface area contributed by atoms with Gasteiger partial charge in [0.15, 0.2) is 0 Å². The molecule has 1 unspecified atom stereocenters. The molecule has 0 radical (unpaired) electrons. The summed E-state index contributed by atoms with van der Waals surface area (Å²) >= 11 is 0. The van der Waals surface area contributed by atoms with Gasteiger partial charge in [0.25, 0.3) is 5.91 Å². The summed E-state index contributed by atoms with van der Waals surface area (Å²) in [6, 6.07) is 1.52. The van der Waals surface area contributed by atoms with E-state index < -0.39 is 0 Å². The number of hydrogen-bond acceptors (Lipinski definition) is 4. The van der Waals surface area contributed by atoms with E-state index in [4.69, 9.17) is 0 Å². The van der Waals surface area contributed by atoms with Gasteiger partial charge in [-0.3, -0.25) is 9.78 Å². The molecule has 0 fully saturated rings. The van der Waals surface area contributed by atoms with Crippen molar-refractivity contribution in [2.24, 2.45) is 0 Å². The van der Waals surface area contributed by atoms with E-state index in [1.54, 1.807) is 0 Å². The van der Waals surface area contributed by atoms with Crippen molar-refractivity contribution in [2.45, 2.75) is 13.0 Å². The van der Waals surface area contributed by atoms with E-state index in [9.17, 15) is 9.90 Å². The fourth-order valence-electron chi connectivity index (χ4n) is 1.47. The second-order valence-electron chi connectivity index (χ2n) is 4.03. The van der Waals surface area contributed by atoms with E-state index in [0.717, 1.165) is 6.54 Å². The largest absolute Gasteiger partial charge is 0.505 e. The molecule has 1 aromatic rings. The van der Waals surface area contributed by atoms with E-state index in [0.29, 0.717) is 0 Å². The van der Waals surface area contributed by atoms with Crippen molar-refractivity contribution in [2.75, 3.05) is 20.6 Å². The highest BCUT2D eigenvalue weighted by Crippen LogP contribution is 2.13. The van der Waals surface area contributed by atoms with Crippen LogP contribution in [0.2, 0.25) is 0 Å². The summed E-state index contributed by atoms with van der Waals surface area (Å²) in [7, 11) is 3.87. The zero-order chi connectivity index (χ0) is 12.1. The maximum atomic E-state index is 11.7. The van der Waals surface area contributed by atoms with Crippen molar-refractivity contribution >= 4 is 5.91 Å². The topological polar surface area (TPSA) is 65.5 Å².